The number of thiophene rings is 1. The number of H-pyrrole nitrogens is 1. The minimum absolute atomic E-state index is 0.0290. The molecule has 0 aliphatic heterocycles. The van der Waals surface area contributed by atoms with Gasteiger partial charge in [-0.3, -0.25) is 4.79 Å². The predicted octanol–water partition coefficient (Wildman–Crippen LogP) is 4.28. The lowest BCUT2D eigenvalue weighted by molar-refractivity contribution is 0.423. The average Bonchev–Trinajstić information content (AvgIpc) is 3.40. The van der Waals surface area contributed by atoms with Gasteiger partial charge in [0.1, 0.15) is 10.7 Å². The minimum Gasteiger partial charge on any atom is -0.309 e. The molecule has 7 nitrogen and oxygen atoms in total. The molecule has 1 aliphatic rings. The predicted molar refractivity (Wildman–Crippen MR) is 113 cm³/mol. The monoisotopic (exact) mass is 418 g/mol. The third-order valence-electron chi connectivity index (χ3n) is 5.63. The van der Waals surface area contributed by atoms with Crippen LogP contribution in [0.4, 0.5) is 0 Å². The standard InChI is InChI=1S/C19H26N6OS2/c1-4-11(2)9-14-12(3)28-18-16(14)17(26)20-15(21-18)10-27-19-22-23-24-25(19)13-7-5-6-8-13/h11,13H,4-10H2,1-3H3,(H,20,21,26)/t11-/m1/s1. The van der Waals surface area contributed by atoms with Crippen LogP contribution in [0.5, 0.6) is 0 Å². The van der Waals surface area contributed by atoms with Gasteiger partial charge in [-0.15, -0.1) is 16.4 Å². The summed E-state index contributed by atoms with van der Waals surface area (Å²) >= 11 is 3.16. The molecule has 1 atom stereocenters. The zero-order valence-corrected chi connectivity index (χ0v) is 18.2. The van der Waals surface area contributed by atoms with Gasteiger partial charge in [-0.2, -0.15) is 0 Å². The highest BCUT2D eigenvalue weighted by atomic mass is 32.2. The molecule has 3 heterocycles. The number of aromatic nitrogens is 6. The summed E-state index contributed by atoms with van der Waals surface area (Å²) in [6.07, 6.45) is 6.76. The first-order chi connectivity index (χ1) is 13.6. The van der Waals surface area contributed by atoms with Crippen LogP contribution in [0.25, 0.3) is 10.2 Å². The summed E-state index contributed by atoms with van der Waals surface area (Å²) in [5.74, 6) is 1.79. The first-order valence-electron chi connectivity index (χ1n) is 9.98. The molecular weight excluding hydrogens is 392 g/mol. The number of rotatable bonds is 7. The van der Waals surface area contributed by atoms with Gasteiger partial charge in [0.2, 0.25) is 5.16 Å². The highest BCUT2D eigenvalue weighted by Gasteiger charge is 2.22. The lowest BCUT2D eigenvalue weighted by Gasteiger charge is -2.10. The number of tetrazole rings is 1. The van der Waals surface area contributed by atoms with Crippen LogP contribution in [0.1, 0.15) is 68.3 Å². The number of thioether (sulfide) groups is 1. The maximum absolute atomic E-state index is 12.8. The van der Waals surface area contributed by atoms with Gasteiger partial charge in [0.25, 0.3) is 5.56 Å². The van der Waals surface area contributed by atoms with E-state index >= 15 is 0 Å². The van der Waals surface area contributed by atoms with Crippen molar-refractivity contribution >= 4 is 33.3 Å². The fraction of sp³-hybridized carbons (Fsp3) is 0.632. The van der Waals surface area contributed by atoms with Crippen molar-refractivity contribution in [1.82, 2.24) is 30.2 Å². The van der Waals surface area contributed by atoms with Crippen molar-refractivity contribution in [2.75, 3.05) is 0 Å². The first-order valence-corrected chi connectivity index (χ1v) is 11.8. The second-order valence-corrected chi connectivity index (χ2v) is 9.83. The largest absolute Gasteiger partial charge is 0.309 e. The van der Waals surface area contributed by atoms with E-state index in [2.05, 4.69) is 41.3 Å². The third kappa shape index (κ3) is 3.87. The smallest absolute Gasteiger partial charge is 0.259 e. The second kappa shape index (κ2) is 8.32. The molecule has 0 amide bonds. The van der Waals surface area contributed by atoms with E-state index < -0.39 is 0 Å². The molecule has 0 saturated heterocycles. The van der Waals surface area contributed by atoms with Gasteiger partial charge in [-0.25, -0.2) is 9.67 Å². The van der Waals surface area contributed by atoms with Gasteiger partial charge in [0.05, 0.1) is 17.2 Å². The highest BCUT2D eigenvalue weighted by Crippen LogP contribution is 2.33. The van der Waals surface area contributed by atoms with Gasteiger partial charge < -0.3 is 4.98 Å². The van der Waals surface area contributed by atoms with E-state index in [-0.39, 0.29) is 5.56 Å². The summed E-state index contributed by atoms with van der Waals surface area (Å²) in [5, 5.41) is 13.8. The van der Waals surface area contributed by atoms with E-state index in [4.69, 9.17) is 4.98 Å². The molecule has 1 saturated carbocycles. The van der Waals surface area contributed by atoms with Crippen LogP contribution in [0.3, 0.4) is 0 Å². The molecule has 3 aromatic rings. The third-order valence-corrected chi connectivity index (χ3v) is 7.62. The van der Waals surface area contributed by atoms with E-state index in [0.29, 0.717) is 23.5 Å². The number of nitrogens with zero attached hydrogens (tertiary/aromatic N) is 5. The summed E-state index contributed by atoms with van der Waals surface area (Å²) in [5.41, 5.74) is 1.13. The Bertz CT molecular complexity index is 1020. The number of aromatic amines is 1. The van der Waals surface area contributed by atoms with Crippen molar-refractivity contribution in [2.45, 2.75) is 76.2 Å². The van der Waals surface area contributed by atoms with Crippen LogP contribution >= 0.6 is 23.1 Å². The minimum atomic E-state index is -0.0290. The molecule has 0 radical (unpaired) electrons. The van der Waals surface area contributed by atoms with Gasteiger partial charge in [-0.05, 0) is 48.1 Å². The number of hydrogen-bond acceptors (Lipinski definition) is 7. The molecule has 9 heteroatoms. The number of nitrogens with one attached hydrogen (secondary N) is 1. The van der Waals surface area contributed by atoms with Gasteiger partial charge in [0.15, 0.2) is 0 Å². The van der Waals surface area contributed by atoms with Gasteiger partial charge in [-0.1, -0.05) is 44.9 Å². The van der Waals surface area contributed by atoms with Gasteiger partial charge >= 0.3 is 0 Å². The van der Waals surface area contributed by atoms with Crippen LogP contribution < -0.4 is 5.56 Å². The Kier molecular flexibility index (Phi) is 5.82. The molecule has 1 fully saturated rings. The fourth-order valence-electron chi connectivity index (χ4n) is 3.82. The van der Waals surface area contributed by atoms with Crippen molar-refractivity contribution in [1.29, 1.82) is 0 Å². The Morgan fingerprint density at radius 1 is 1.36 bits per heavy atom. The quantitative estimate of drug-likeness (QED) is 0.576. The summed E-state index contributed by atoms with van der Waals surface area (Å²) < 4.78 is 1.94. The van der Waals surface area contributed by atoms with E-state index in [1.165, 1.54) is 29.5 Å². The fourth-order valence-corrected chi connectivity index (χ4v) is 5.71. The van der Waals surface area contributed by atoms with Gasteiger partial charge in [0, 0.05) is 4.88 Å². The zero-order valence-electron chi connectivity index (χ0n) is 16.6. The summed E-state index contributed by atoms with van der Waals surface area (Å²) in [6, 6.07) is 0.398. The normalized spacial score (nSPS) is 16.2. The molecule has 1 aliphatic carbocycles. The van der Waals surface area contributed by atoms with E-state index in [1.807, 2.05) is 4.68 Å². The van der Waals surface area contributed by atoms with Crippen molar-refractivity contribution in [2.24, 2.45) is 5.92 Å². The van der Waals surface area contributed by atoms with Crippen molar-refractivity contribution in [3.8, 4) is 0 Å². The molecular formula is C19H26N6OS2. The van der Waals surface area contributed by atoms with Crippen molar-refractivity contribution in [3.05, 3.63) is 26.6 Å². The molecule has 28 heavy (non-hydrogen) atoms. The SMILES string of the molecule is CC[C@@H](C)Cc1c(C)sc2nc(CSc3nnnn3C3CCCC3)[nH]c(=O)c12. The second-order valence-electron chi connectivity index (χ2n) is 7.68. The molecule has 0 aromatic carbocycles. The van der Waals surface area contributed by atoms with Crippen molar-refractivity contribution in [3.63, 3.8) is 0 Å². The zero-order chi connectivity index (χ0) is 19.7. The van der Waals surface area contributed by atoms with E-state index in [0.717, 1.165) is 46.6 Å². The first kappa shape index (κ1) is 19.6. The molecule has 1 N–H and O–H groups in total. The van der Waals surface area contributed by atoms with Crippen LogP contribution in [0.15, 0.2) is 9.95 Å². The van der Waals surface area contributed by atoms with E-state index in [9.17, 15) is 4.79 Å². The Labute approximate surface area is 172 Å². The highest BCUT2D eigenvalue weighted by molar-refractivity contribution is 7.98. The lowest BCUT2D eigenvalue weighted by atomic mass is 9.98. The van der Waals surface area contributed by atoms with Crippen LogP contribution in [-0.2, 0) is 12.2 Å². The average molecular weight is 419 g/mol. The van der Waals surface area contributed by atoms with Crippen LogP contribution in [0, 0.1) is 12.8 Å². The van der Waals surface area contributed by atoms with E-state index in [1.54, 1.807) is 11.3 Å². The lowest BCUT2D eigenvalue weighted by Crippen LogP contribution is -2.13. The topological polar surface area (TPSA) is 89.3 Å². The molecule has 150 valence electrons. The Morgan fingerprint density at radius 2 is 2.14 bits per heavy atom. The Hall–Kier alpha value is -1.74. The molecule has 3 aromatic heterocycles. The molecule has 0 spiro atoms. The Morgan fingerprint density at radius 3 is 2.89 bits per heavy atom. The summed E-state index contributed by atoms with van der Waals surface area (Å²) in [7, 11) is 0. The summed E-state index contributed by atoms with van der Waals surface area (Å²) in [4.78, 5) is 22.6. The number of fused-ring (bicyclic) bond motifs is 1. The maximum atomic E-state index is 12.8. The van der Waals surface area contributed by atoms with Crippen LogP contribution in [0.2, 0.25) is 0 Å². The molecule has 4 rings (SSSR count). The van der Waals surface area contributed by atoms with Crippen LogP contribution in [-0.4, -0.2) is 30.2 Å². The van der Waals surface area contributed by atoms with Crippen molar-refractivity contribution < 1.29 is 0 Å². The Balaban J connectivity index is 1.56. The number of hydrogen-bond donors (Lipinski definition) is 1. The molecule has 0 bridgehead atoms. The summed E-state index contributed by atoms with van der Waals surface area (Å²) in [6.45, 7) is 6.50. The number of aryl methyl sites for hydroxylation is 1. The maximum Gasteiger partial charge on any atom is 0.259 e. The molecule has 0 unspecified atom stereocenters.